The van der Waals surface area contributed by atoms with Crippen molar-refractivity contribution in [3.63, 3.8) is 0 Å². The van der Waals surface area contributed by atoms with Crippen LogP contribution < -0.4 is 10.2 Å². The molecule has 0 bridgehead atoms. The Balaban J connectivity index is 1.34. The Labute approximate surface area is 266 Å². The predicted octanol–water partition coefficient (Wildman–Crippen LogP) is 8.23. The van der Waals surface area contributed by atoms with Gasteiger partial charge in [0.1, 0.15) is 5.60 Å². The van der Waals surface area contributed by atoms with Gasteiger partial charge in [0.05, 0.1) is 5.56 Å². The van der Waals surface area contributed by atoms with Gasteiger partial charge < -0.3 is 19.5 Å². The van der Waals surface area contributed by atoms with Gasteiger partial charge in [0.25, 0.3) is 5.91 Å². The van der Waals surface area contributed by atoms with Crippen molar-refractivity contribution in [3.05, 3.63) is 124 Å². The molecule has 0 aliphatic heterocycles. The van der Waals surface area contributed by atoms with Crippen molar-refractivity contribution in [2.24, 2.45) is 0 Å². The molecule has 0 radical (unpaired) electrons. The van der Waals surface area contributed by atoms with E-state index in [9.17, 15) is 9.59 Å². The maximum Gasteiger partial charge on any atom is 0.339 e. The highest BCUT2D eigenvalue weighted by Gasteiger charge is 2.21. The van der Waals surface area contributed by atoms with Crippen molar-refractivity contribution in [2.45, 2.75) is 60.2 Å². The molecule has 4 aromatic carbocycles. The quantitative estimate of drug-likeness (QED) is 0.182. The Morgan fingerprint density at radius 2 is 1.49 bits per heavy atom. The number of rotatable bonds is 8. The smallest absolute Gasteiger partial charge is 0.339 e. The molecular formula is C39H43N3O3. The molecule has 6 heteroatoms. The van der Waals surface area contributed by atoms with Crippen LogP contribution in [-0.2, 0) is 17.8 Å². The zero-order chi connectivity index (χ0) is 32.5. The number of fused-ring (bicyclic) bond motifs is 1. The largest absolute Gasteiger partial charge is 0.456 e. The van der Waals surface area contributed by atoms with Crippen molar-refractivity contribution in [1.29, 1.82) is 0 Å². The monoisotopic (exact) mass is 601 g/mol. The molecule has 0 fully saturated rings. The summed E-state index contributed by atoms with van der Waals surface area (Å²) in [6.45, 7) is 13.0. The number of aromatic nitrogens is 1. The molecule has 1 aromatic heterocycles. The molecule has 1 amide bonds. The van der Waals surface area contributed by atoms with Crippen LogP contribution in [0.1, 0.15) is 69.4 Å². The minimum atomic E-state index is -0.569. The van der Waals surface area contributed by atoms with Gasteiger partial charge in [-0.05, 0) is 106 Å². The van der Waals surface area contributed by atoms with Gasteiger partial charge in [-0.25, -0.2) is 4.79 Å². The van der Waals surface area contributed by atoms with E-state index >= 15 is 0 Å². The number of hydrogen-bond donors (Lipinski definition) is 1. The van der Waals surface area contributed by atoms with Crippen molar-refractivity contribution in [2.75, 3.05) is 19.0 Å². The van der Waals surface area contributed by atoms with E-state index in [-0.39, 0.29) is 11.9 Å². The number of esters is 1. The molecule has 0 spiro atoms. The summed E-state index contributed by atoms with van der Waals surface area (Å²) in [6, 6.07) is 28.4. The molecule has 1 heterocycles. The molecule has 0 aliphatic rings. The Kier molecular flexibility index (Phi) is 8.87. The second-order valence-electron chi connectivity index (χ2n) is 13.0. The van der Waals surface area contributed by atoms with Crippen LogP contribution in [0.25, 0.3) is 22.0 Å². The summed E-state index contributed by atoms with van der Waals surface area (Å²) in [6.07, 6.45) is 0. The summed E-state index contributed by atoms with van der Waals surface area (Å²) < 4.78 is 8.00. The van der Waals surface area contributed by atoms with Crippen LogP contribution in [0.5, 0.6) is 0 Å². The summed E-state index contributed by atoms with van der Waals surface area (Å²) in [5, 5.41) is 4.14. The summed E-state index contributed by atoms with van der Waals surface area (Å²) in [4.78, 5) is 28.2. The summed E-state index contributed by atoms with van der Waals surface area (Å²) >= 11 is 0. The fourth-order valence-electron chi connectivity index (χ4n) is 5.58. The molecule has 1 N–H and O–H groups in total. The second kappa shape index (κ2) is 12.6. The first-order valence-corrected chi connectivity index (χ1v) is 15.4. The van der Waals surface area contributed by atoms with Crippen molar-refractivity contribution in [3.8, 4) is 11.1 Å². The van der Waals surface area contributed by atoms with Gasteiger partial charge in [0, 0.05) is 55.0 Å². The van der Waals surface area contributed by atoms with Crippen LogP contribution in [-0.4, -0.2) is 36.1 Å². The fourth-order valence-corrected chi connectivity index (χ4v) is 5.58. The molecule has 0 saturated heterocycles. The number of hydrogen-bond acceptors (Lipinski definition) is 4. The first-order valence-electron chi connectivity index (χ1n) is 15.4. The van der Waals surface area contributed by atoms with Crippen LogP contribution in [0, 0.1) is 20.8 Å². The Morgan fingerprint density at radius 3 is 2.13 bits per heavy atom. The third-order valence-corrected chi connectivity index (χ3v) is 8.21. The van der Waals surface area contributed by atoms with Gasteiger partial charge in [-0.1, -0.05) is 54.1 Å². The van der Waals surface area contributed by atoms with Crippen molar-refractivity contribution in [1.82, 2.24) is 9.88 Å². The molecule has 0 saturated carbocycles. The van der Waals surface area contributed by atoms with E-state index in [4.69, 9.17) is 4.74 Å². The number of nitrogens with one attached hydrogen (secondary N) is 1. The first-order chi connectivity index (χ1) is 21.3. The van der Waals surface area contributed by atoms with E-state index in [1.54, 1.807) is 0 Å². The third kappa shape index (κ3) is 7.12. The van der Waals surface area contributed by atoms with Crippen LogP contribution in [0.3, 0.4) is 0 Å². The Bertz CT molecular complexity index is 1860. The number of anilines is 1. The van der Waals surface area contributed by atoms with E-state index in [0.717, 1.165) is 50.0 Å². The number of carbonyl (C=O) groups excluding carboxylic acids is 2. The lowest BCUT2D eigenvalue weighted by Gasteiger charge is -2.21. The number of aryl methyl sites for hydroxylation is 2. The summed E-state index contributed by atoms with van der Waals surface area (Å²) in [5.41, 5.74) is 10.2. The molecule has 232 valence electrons. The van der Waals surface area contributed by atoms with Gasteiger partial charge in [-0.15, -0.1) is 0 Å². The van der Waals surface area contributed by atoms with Gasteiger partial charge >= 0.3 is 5.97 Å². The first kappa shape index (κ1) is 31.6. The van der Waals surface area contributed by atoms with E-state index in [1.807, 2.05) is 90.3 Å². The standard InChI is InChI=1S/C39H43N3O3/c1-25-9-19-33(35(21-25)38(44)45-39(4,5)6)30-14-10-29(11-15-30)24-42-27(3)26(2)34-22-31(16-20-36(34)42)37(43)40-23-28-12-17-32(18-13-28)41(7)8/h9-22H,23-24H2,1-8H3,(H,40,43). The van der Waals surface area contributed by atoms with Crippen molar-refractivity contribution >= 4 is 28.5 Å². The predicted molar refractivity (Wildman–Crippen MR) is 184 cm³/mol. The minimum absolute atomic E-state index is 0.0872. The van der Waals surface area contributed by atoms with E-state index < -0.39 is 5.60 Å². The van der Waals surface area contributed by atoms with Crippen molar-refractivity contribution < 1.29 is 14.3 Å². The van der Waals surface area contributed by atoms with Crippen LogP contribution in [0.15, 0.2) is 84.9 Å². The third-order valence-electron chi connectivity index (χ3n) is 8.21. The number of nitrogens with zero attached hydrogens (tertiary/aromatic N) is 2. The lowest BCUT2D eigenvalue weighted by atomic mass is 9.96. The fraction of sp³-hybridized carbons (Fsp3) is 0.282. The number of amides is 1. The van der Waals surface area contributed by atoms with Crippen LogP contribution >= 0.6 is 0 Å². The number of benzene rings is 4. The normalized spacial score (nSPS) is 11.5. The highest BCUT2D eigenvalue weighted by Crippen LogP contribution is 2.30. The molecule has 0 aliphatic carbocycles. The lowest BCUT2D eigenvalue weighted by molar-refractivity contribution is 0.00702. The maximum absolute atomic E-state index is 13.1. The minimum Gasteiger partial charge on any atom is -0.456 e. The average molecular weight is 602 g/mol. The van der Waals surface area contributed by atoms with Gasteiger partial charge in [0.15, 0.2) is 0 Å². The molecular weight excluding hydrogens is 558 g/mol. The van der Waals surface area contributed by atoms with Crippen LogP contribution in [0.2, 0.25) is 0 Å². The summed E-state index contributed by atoms with van der Waals surface area (Å²) in [5.74, 6) is -0.405. The molecule has 5 aromatic rings. The Hall–Kier alpha value is -4.84. The highest BCUT2D eigenvalue weighted by molar-refractivity contribution is 5.99. The van der Waals surface area contributed by atoms with E-state index in [0.29, 0.717) is 24.2 Å². The SMILES string of the molecule is Cc1ccc(-c2ccc(Cn3c(C)c(C)c4cc(C(=O)NCc5ccc(N(C)C)cc5)ccc43)cc2)c(C(=O)OC(C)(C)C)c1. The van der Waals surface area contributed by atoms with Gasteiger partial charge in [-0.3, -0.25) is 4.79 Å². The maximum atomic E-state index is 13.1. The zero-order valence-electron chi connectivity index (χ0n) is 27.6. The van der Waals surface area contributed by atoms with E-state index in [1.165, 1.54) is 5.69 Å². The average Bonchev–Trinajstić information content (AvgIpc) is 3.23. The molecule has 0 atom stereocenters. The zero-order valence-corrected chi connectivity index (χ0v) is 27.6. The molecule has 45 heavy (non-hydrogen) atoms. The van der Waals surface area contributed by atoms with Gasteiger partial charge in [-0.2, -0.15) is 0 Å². The second-order valence-corrected chi connectivity index (χ2v) is 13.0. The molecule has 0 unspecified atom stereocenters. The Morgan fingerprint density at radius 1 is 0.822 bits per heavy atom. The summed E-state index contributed by atoms with van der Waals surface area (Å²) in [7, 11) is 4.02. The molecule has 6 nitrogen and oxygen atoms in total. The topological polar surface area (TPSA) is 63.6 Å². The van der Waals surface area contributed by atoms with Crippen LogP contribution in [0.4, 0.5) is 5.69 Å². The highest BCUT2D eigenvalue weighted by atomic mass is 16.6. The van der Waals surface area contributed by atoms with E-state index in [2.05, 4.69) is 65.0 Å². The number of carbonyl (C=O) groups is 2. The van der Waals surface area contributed by atoms with Gasteiger partial charge in [0.2, 0.25) is 0 Å². The lowest BCUT2D eigenvalue weighted by Crippen LogP contribution is -2.24. The molecule has 5 rings (SSSR count). The number of ether oxygens (including phenoxy) is 1.